The van der Waals surface area contributed by atoms with Gasteiger partial charge in [-0.3, -0.25) is 24.3 Å². The Morgan fingerprint density at radius 3 is 2.45 bits per heavy atom. The minimum absolute atomic E-state index is 0.101. The molecule has 11 heteroatoms. The van der Waals surface area contributed by atoms with Gasteiger partial charge in [0.15, 0.2) is 5.82 Å². The van der Waals surface area contributed by atoms with Crippen molar-refractivity contribution in [2.45, 2.75) is 53.1 Å². The maximum Gasteiger partial charge on any atom is 0.293 e. The van der Waals surface area contributed by atoms with Crippen LogP contribution in [0.25, 0.3) is 0 Å². The van der Waals surface area contributed by atoms with Crippen molar-refractivity contribution in [1.29, 1.82) is 0 Å². The van der Waals surface area contributed by atoms with Gasteiger partial charge in [0, 0.05) is 42.8 Å². The molecule has 208 valence electrons. The highest BCUT2D eigenvalue weighted by Gasteiger charge is 2.17. The molecule has 0 unspecified atom stereocenters. The van der Waals surface area contributed by atoms with Crippen molar-refractivity contribution >= 4 is 17.6 Å². The number of hydrogen-bond acceptors (Lipinski definition) is 8. The summed E-state index contributed by atoms with van der Waals surface area (Å²) in [6.45, 7) is 10.9. The van der Waals surface area contributed by atoms with Crippen LogP contribution in [-0.4, -0.2) is 59.8 Å². The number of nitrogens with one attached hydrogen (secondary N) is 5. The minimum atomic E-state index is -0.447. The molecule has 1 aromatic heterocycles. The van der Waals surface area contributed by atoms with E-state index in [4.69, 9.17) is 5.73 Å². The van der Waals surface area contributed by atoms with Gasteiger partial charge in [-0.15, -0.1) is 0 Å². The Bertz CT molecular complexity index is 1160. The predicted octanol–water partition coefficient (Wildman–Crippen LogP) is 0.607. The summed E-state index contributed by atoms with van der Waals surface area (Å²) >= 11 is 0. The molecule has 0 saturated carbocycles. The molecule has 0 fully saturated rings. The number of aromatic nitrogens is 2. The molecule has 0 aliphatic carbocycles. The summed E-state index contributed by atoms with van der Waals surface area (Å²) in [5, 5.41) is 15.0. The zero-order chi connectivity index (χ0) is 28.1. The first-order valence-corrected chi connectivity index (χ1v) is 12.8. The van der Waals surface area contributed by atoms with E-state index in [0.29, 0.717) is 32.0 Å². The summed E-state index contributed by atoms with van der Waals surface area (Å²) in [5.74, 6) is -0.187. The molecule has 7 N–H and O–H groups in total. The van der Waals surface area contributed by atoms with E-state index in [1.807, 2.05) is 58.0 Å². The van der Waals surface area contributed by atoms with E-state index in [1.165, 1.54) is 4.57 Å². The molecule has 0 aliphatic rings. The second kappa shape index (κ2) is 14.9. The molecule has 0 radical (unpaired) electrons. The van der Waals surface area contributed by atoms with Crippen LogP contribution in [0.1, 0.15) is 39.0 Å². The zero-order valence-corrected chi connectivity index (χ0v) is 23.1. The van der Waals surface area contributed by atoms with Crippen molar-refractivity contribution in [2.75, 3.05) is 38.2 Å². The fourth-order valence-electron chi connectivity index (χ4n) is 3.42. The zero-order valence-electron chi connectivity index (χ0n) is 23.1. The Hall–Kier alpha value is -3.70. The summed E-state index contributed by atoms with van der Waals surface area (Å²) < 4.78 is 1.41. The van der Waals surface area contributed by atoms with Gasteiger partial charge in [0.05, 0.1) is 13.2 Å². The Kier molecular flexibility index (Phi) is 12.0. The summed E-state index contributed by atoms with van der Waals surface area (Å²) in [7, 11) is 0. The van der Waals surface area contributed by atoms with Crippen LogP contribution in [0.5, 0.6) is 0 Å². The van der Waals surface area contributed by atoms with Gasteiger partial charge in [-0.2, -0.15) is 0 Å². The lowest BCUT2D eigenvalue weighted by Gasteiger charge is -2.24. The smallest absolute Gasteiger partial charge is 0.293 e. The maximum absolute atomic E-state index is 12.9. The van der Waals surface area contributed by atoms with E-state index in [1.54, 1.807) is 13.1 Å². The first-order valence-electron chi connectivity index (χ1n) is 12.8. The van der Waals surface area contributed by atoms with Gasteiger partial charge in [0.1, 0.15) is 6.54 Å². The lowest BCUT2D eigenvalue weighted by Crippen LogP contribution is -2.51. The molecule has 1 heterocycles. The summed E-state index contributed by atoms with van der Waals surface area (Å²) in [4.78, 5) is 41.7. The van der Waals surface area contributed by atoms with Gasteiger partial charge < -0.3 is 27.0 Å². The fourth-order valence-corrected chi connectivity index (χ4v) is 3.42. The number of rotatable bonds is 15. The largest absolute Gasteiger partial charge is 0.376 e. The minimum Gasteiger partial charge on any atom is -0.376 e. The number of amides is 2. The summed E-state index contributed by atoms with van der Waals surface area (Å²) in [5.41, 5.74) is 8.42. The number of aryl methyl sites for hydroxylation is 1. The van der Waals surface area contributed by atoms with E-state index in [-0.39, 0.29) is 36.3 Å². The standard InChI is InChI=1S/C27H42N8O3/c1-19(21(3)33-18-29-15-23(36)34-27(4,5)17-28)13-31-24(37)16-35-20(2)14-32-25(26(35)38)30-12-11-22-9-7-6-8-10-22/h6-10,14,29,33H,11-13,15-18,28H2,1-5H3,(H,30,32)(H,31,37)(H,34,36)/b21-19+. The quantitative estimate of drug-likeness (QED) is 0.146. The average Bonchev–Trinajstić information content (AvgIpc) is 2.89. The second-order valence-corrected chi connectivity index (χ2v) is 9.90. The van der Waals surface area contributed by atoms with Gasteiger partial charge in [-0.1, -0.05) is 30.3 Å². The third kappa shape index (κ3) is 10.3. The topological polar surface area (TPSA) is 155 Å². The Balaban J connectivity index is 1.81. The van der Waals surface area contributed by atoms with Gasteiger partial charge in [-0.05, 0) is 52.2 Å². The van der Waals surface area contributed by atoms with Crippen LogP contribution in [0, 0.1) is 6.92 Å². The molecular formula is C27H42N8O3. The molecule has 2 aromatic rings. The predicted molar refractivity (Wildman–Crippen MR) is 151 cm³/mol. The number of nitrogens with zero attached hydrogens (tertiary/aromatic N) is 2. The Labute approximate surface area is 224 Å². The van der Waals surface area contributed by atoms with Crippen LogP contribution in [0.2, 0.25) is 0 Å². The molecule has 0 atom stereocenters. The van der Waals surface area contributed by atoms with Crippen molar-refractivity contribution in [3.05, 3.63) is 69.4 Å². The number of carbonyl (C=O) groups is 2. The molecule has 0 bridgehead atoms. The number of carbonyl (C=O) groups excluding carboxylic acids is 2. The van der Waals surface area contributed by atoms with Crippen LogP contribution in [-0.2, 0) is 22.6 Å². The van der Waals surface area contributed by atoms with Crippen LogP contribution in [0.3, 0.4) is 0 Å². The normalized spacial score (nSPS) is 11.9. The fraction of sp³-hybridized carbons (Fsp3) is 0.481. The molecule has 1 aromatic carbocycles. The molecule has 0 aliphatic heterocycles. The number of hydrogen-bond donors (Lipinski definition) is 6. The number of anilines is 1. The Morgan fingerprint density at radius 2 is 1.76 bits per heavy atom. The molecular weight excluding hydrogens is 484 g/mol. The van der Waals surface area contributed by atoms with Gasteiger partial charge in [0.25, 0.3) is 5.56 Å². The third-order valence-corrected chi connectivity index (χ3v) is 6.05. The van der Waals surface area contributed by atoms with Crippen molar-refractivity contribution in [3.8, 4) is 0 Å². The van der Waals surface area contributed by atoms with Crippen molar-refractivity contribution in [2.24, 2.45) is 5.73 Å². The van der Waals surface area contributed by atoms with Crippen LogP contribution in [0.4, 0.5) is 5.82 Å². The van der Waals surface area contributed by atoms with E-state index in [9.17, 15) is 14.4 Å². The lowest BCUT2D eigenvalue weighted by atomic mass is 10.1. The Morgan fingerprint density at radius 1 is 1.05 bits per heavy atom. The monoisotopic (exact) mass is 526 g/mol. The molecule has 2 rings (SSSR count). The van der Waals surface area contributed by atoms with Gasteiger partial charge in [0.2, 0.25) is 11.8 Å². The van der Waals surface area contributed by atoms with Crippen LogP contribution >= 0.6 is 0 Å². The molecule has 0 saturated heterocycles. The third-order valence-electron chi connectivity index (χ3n) is 6.05. The maximum atomic E-state index is 12.9. The summed E-state index contributed by atoms with van der Waals surface area (Å²) in [6, 6.07) is 9.97. The van der Waals surface area contributed by atoms with E-state index in [0.717, 1.165) is 23.3 Å². The SMILES string of the molecule is C/C(CNC(=O)Cn1c(C)cnc(NCCc2ccccc2)c1=O)=C(/C)NCNCC(=O)NC(C)(C)CN. The number of benzene rings is 1. The summed E-state index contributed by atoms with van der Waals surface area (Å²) in [6.07, 6.45) is 2.34. The average molecular weight is 527 g/mol. The van der Waals surface area contributed by atoms with E-state index < -0.39 is 5.54 Å². The highest BCUT2D eigenvalue weighted by Crippen LogP contribution is 2.03. The number of allylic oxidation sites excluding steroid dienone is 1. The van der Waals surface area contributed by atoms with Crippen LogP contribution < -0.4 is 37.9 Å². The van der Waals surface area contributed by atoms with Crippen molar-refractivity contribution in [3.63, 3.8) is 0 Å². The first kappa shape index (κ1) is 30.5. The molecule has 38 heavy (non-hydrogen) atoms. The van der Waals surface area contributed by atoms with E-state index in [2.05, 4.69) is 31.6 Å². The van der Waals surface area contributed by atoms with Gasteiger partial charge in [-0.25, -0.2) is 4.98 Å². The van der Waals surface area contributed by atoms with Gasteiger partial charge >= 0.3 is 0 Å². The van der Waals surface area contributed by atoms with Crippen molar-refractivity contribution < 1.29 is 9.59 Å². The second-order valence-electron chi connectivity index (χ2n) is 9.90. The molecule has 2 amide bonds. The lowest BCUT2D eigenvalue weighted by molar-refractivity contribution is -0.122. The van der Waals surface area contributed by atoms with Crippen LogP contribution in [0.15, 0.2) is 52.6 Å². The first-order chi connectivity index (χ1) is 18.0. The molecule has 11 nitrogen and oxygen atoms in total. The highest BCUT2D eigenvalue weighted by atomic mass is 16.2. The van der Waals surface area contributed by atoms with E-state index >= 15 is 0 Å². The number of nitrogens with two attached hydrogens (primary N) is 1. The molecule has 0 spiro atoms. The van der Waals surface area contributed by atoms with Crippen molar-refractivity contribution in [1.82, 2.24) is 30.8 Å². The highest BCUT2D eigenvalue weighted by molar-refractivity contribution is 5.78.